The molecule has 1 N–H and O–H groups in total. The van der Waals surface area contributed by atoms with Gasteiger partial charge in [0.05, 0.1) is 27.0 Å². The fourth-order valence-electron chi connectivity index (χ4n) is 3.11. The molecular formula is C20H18N4O4S2. The summed E-state index contributed by atoms with van der Waals surface area (Å²) in [6.07, 6.45) is 0. The Morgan fingerprint density at radius 3 is 2.73 bits per heavy atom. The number of nitrogens with one attached hydrogen (secondary N) is 1. The molecule has 10 heteroatoms. The van der Waals surface area contributed by atoms with Crippen LogP contribution in [0.3, 0.4) is 0 Å². The van der Waals surface area contributed by atoms with Gasteiger partial charge in [-0.25, -0.2) is 9.97 Å². The van der Waals surface area contributed by atoms with Gasteiger partial charge in [-0.2, -0.15) is 0 Å². The van der Waals surface area contributed by atoms with E-state index in [4.69, 9.17) is 4.74 Å². The maximum Gasteiger partial charge on any atom is 0.265 e. The molecule has 0 bridgehead atoms. The number of rotatable bonds is 5. The molecule has 3 heterocycles. The number of carbonyl (C=O) groups excluding carboxylic acids is 3. The zero-order valence-corrected chi connectivity index (χ0v) is 18.1. The van der Waals surface area contributed by atoms with E-state index in [0.717, 1.165) is 27.6 Å². The molecule has 4 rings (SSSR count). The fraction of sp³-hybridized carbons (Fsp3) is 0.250. The third kappa shape index (κ3) is 3.96. The highest BCUT2D eigenvalue weighted by molar-refractivity contribution is 7.17. The number of fused-ring (bicyclic) bond motifs is 1. The van der Waals surface area contributed by atoms with Gasteiger partial charge in [0, 0.05) is 17.9 Å². The molecule has 0 radical (unpaired) electrons. The van der Waals surface area contributed by atoms with E-state index in [1.165, 1.54) is 23.2 Å². The first-order valence-corrected chi connectivity index (χ1v) is 10.8. The van der Waals surface area contributed by atoms with Crippen LogP contribution < -0.4 is 15.0 Å². The maximum atomic E-state index is 12.6. The van der Waals surface area contributed by atoms with Crippen LogP contribution in [0.15, 0.2) is 23.6 Å². The number of Topliss-reactive ketones (excluding diaryl/α,β-unsaturated/α-hetero) is 1. The van der Waals surface area contributed by atoms with Crippen molar-refractivity contribution >= 4 is 51.1 Å². The SMILES string of the molecule is CC(=O)c1sc(NC(=O)CN2C(=O)COc3ccc(-c4csc(C)n4)cc32)nc1C. The van der Waals surface area contributed by atoms with Gasteiger partial charge in [0.25, 0.3) is 5.91 Å². The Kier molecular flexibility index (Phi) is 5.35. The van der Waals surface area contributed by atoms with Gasteiger partial charge in [-0.05, 0) is 32.0 Å². The first-order valence-electron chi connectivity index (χ1n) is 9.09. The molecule has 0 atom stereocenters. The zero-order chi connectivity index (χ0) is 21.4. The van der Waals surface area contributed by atoms with Gasteiger partial charge in [-0.15, -0.1) is 11.3 Å². The number of carbonyl (C=O) groups is 3. The number of hydrogen-bond acceptors (Lipinski definition) is 8. The molecule has 3 aromatic rings. The van der Waals surface area contributed by atoms with Crippen LogP contribution >= 0.6 is 22.7 Å². The lowest BCUT2D eigenvalue weighted by atomic mass is 10.1. The van der Waals surface area contributed by atoms with Crippen LogP contribution in [-0.2, 0) is 9.59 Å². The highest BCUT2D eigenvalue weighted by Gasteiger charge is 2.28. The van der Waals surface area contributed by atoms with E-state index in [-0.39, 0.29) is 24.8 Å². The first-order chi connectivity index (χ1) is 14.3. The highest BCUT2D eigenvalue weighted by atomic mass is 32.1. The number of anilines is 2. The predicted octanol–water partition coefficient (Wildman–Crippen LogP) is 3.45. The predicted molar refractivity (Wildman–Crippen MR) is 116 cm³/mol. The van der Waals surface area contributed by atoms with E-state index in [1.807, 2.05) is 18.4 Å². The van der Waals surface area contributed by atoms with Crippen molar-refractivity contribution in [3.05, 3.63) is 39.2 Å². The number of hydrogen-bond donors (Lipinski definition) is 1. The largest absolute Gasteiger partial charge is 0.482 e. The van der Waals surface area contributed by atoms with E-state index in [1.54, 1.807) is 19.1 Å². The molecule has 0 aliphatic carbocycles. The summed E-state index contributed by atoms with van der Waals surface area (Å²) in [6.45, 7) is 4.76. The van der Waals surface area contributed by atoms with Crippen LogP contribution in [0.25, 0.3) is 11.3 Å². The Labute approximate surface area is 180 Å². The van der Waals surface area contributed by atoms with Crippen molar-refractivity contribution in [3.63, 3.8) is 0 Å². The standard InChI is InChI=1S/C20H18N4O4S2/c1-10-19(11(2)25)30-20(21-10)23-17(26)7-24-15-6-13(14-9-29-12(3)22-14)4-5-16(15)28-8-18(24)27/h4-6,9H,7-8H2,1-3H3,(H,21,23,26). The quantitative estimate of drug-likeness (QED) is 0.608. The topological polar surface area (TPSA) is 101 Å². The monoisotopic (exact) mass is 442 g/mol. The smallest absolute Gasteiger partial charge is 0.265 e. The second-order valence-electron chi connectivity index (χ2n) is 6.74. The zero-order valence-electron chi connectivity index (χ0n) is 16.5. The van der Waals surface area contributed by atoms with Crippen molar-refractivity contribution in [2.24, 2.45) is 0 Å². The van der Waals surface area contributed by atoms with E-state index >= 15 is 0 Å². The number of thiazole rings is 2. The summed E-state index contributed by atoms with van der Waals surface area (Å²) in [4.78, 5) is 47.3. The van der Waals surface area contributed by atoms with E-state index in [0.29, 0.717) is 27.1 Å². The second-order valence-corrected chi connectivity index (χ2v) is 8.80. The summed E-state index contributed by atoms with van der Waals surface area (Å²) >= 11 is 2.66. The lowest BCUT2D eigenvalue weighted by Gasteiger charge is -2.29. The van der Waals surface area contributed by atoms with Gasteiger partial charge in [-0.1, -0.05) is 11.3 Å². The normalized spacial score (nSPS) is 13.0. The minimum Gasteiger partial charge on any atom is -0.482 e. The lowest BCUT2D eigenvalue weighted by Crippen LogP contribution is -2.43. The number of ketones is 1. The molecule has 2 amide bonds. The minimum absolute atomic E-state index is 0.104. The van der Waals surface area contributed by atoms with E-state index in [2.05, 4.69) is 15.3 Å². The molecule has 2 aromatic heterocycles. The van der Waals surface area contributed by atoms with Crippen molar-refractivity contribution in [2.45, 2.75) is 20.8 Å². The van der Waals surface area contributed by atoms with Crippen molar-refractivity contribution in [3.8, 4) is 17.0 Å². The van der Waals surface area contributed by atoms with Gasteiger partial charge >= 0.3 is 0 Å². The Balaban J connectivity index is 1.57. The molecule has 1 aromatic carbocycles. The van der Waals surface area contributed by atoms with Gasteiger partial charge < -0.3 is 10.1 Å². The number of amides is 2. The second kappa shape index (κ2) is 7.96. The molecule has 8 nitrogen and oxygen atoms in total. The van der Waals surface area contributed by atoms with Crippen molar-refractivity contribution in [1.29, 1.82) is 0 Å². The van der Waals surface area contributed by atoms with E-state index < -0.39 is 5.91 Å². The summed E-state index contributed by atoms with van der Waals surface area (Å²) in [7, 11) is 0. The van der Waals surface area contributed by atoms with Crippen LogP contribution in [0.2, 0.25) is 0 Å². The highest BCUT2D eigenvalue weighted by Crippen LogP contribution is 2.36. The molecule has 0 saturated carbocycles. The fourth-order valence-corrected chi connectivity index (χ4v) is 4.61. The van der Waals surface area contributed by atoms with Crippen LogP contribution in [0, 0.1) is 13.8 Å². The maximum absolute atomic E-state index is 12.6. The molecule has 1 aliphatic heterocycles. The van der Waals surface area contributed by atoms with Gasteiger partial charge in [0.1, 0.15) is 12.3 Å². The molecule has 30 heavy (non-hydrogen) atoms. The average molecular weight is 443 g/mol. The van der Waals surface area contributed by atoms with Gasteiger partial charge in [-0.3, -0.25) is 19.3 Å². The third-order valence-electron chi connectivity index (χ3n) is 4.48. The van der Waals surface area contributed by atoms with Crippen molar-refractivity contribution in [1.82, 2.24) is 9.97 Å². The lowest BCUT2D eigenvalue weighted by molar-refractivity contribution is -0.123. The molecule has 0 fully saturated rings. The summed E-state index contributed by atoms with van der Waals surface area (Å²) < 4.78 is 5.52. The number of benzene rings is 1. The third-order valence-corrected chi connectivity index (χ3v) is 6.43. The van der Waals surface area contributed by atoms with E-state index in [9.17, 15) is 14.4 Å². The van der Waals surface area contributed by atoms with Crippen molar-refractivity contribution < 1.29 is 19.1 Å². The number of nitrogens with zero attached hydrogens (tertiary/aromatic N) is 3. The molecule has 0 unspecified atom stereocenters. The molecular weight excluding hydrogens is 424 g/mol. The van der Waals surface area contributed by atoms with Crippen LogP contribution in [0.1, 0.15) is 27.3 Å². The molecule has 0 spiro atoms. The number of ether oxygens (including phenoxy) is 1. The Hall–Kier alpha value is -3.11. The first kappa shape index (κ1) is 20.2. The summed E-state index contributed by atoms with van der Waals surface area (Å²) in [5, 5.41) is 5.89. The summed E-state index contributed by atoms with van der Waals surface area (Å²) in [5.74, 6) is -0.298. The number of aromatic nitrogens is 2. The van der Waals surface area contributed by atoms with Gasteiger partial charge in [0.2, 0.25) is 5.91 Å². The molecule has 1 aliphatic rings. The van der Waals surface area contributed by atoms with Crippen LogP contribution in [-0.4, -0.2) is 40.7 Å². The Morgan fingerprint density at radius 2 is 2.07 bits per heavy atom. The average Bonchev–Trinajstić information content (AvgIpc) is 3.29. The van der Waals surface area contributed by atoms with Crippen LogP contribution in [0.4, 0.5) is 10.8 Å². The Bertz CT molecular complexity index is 1170. The minimum atomic E-state index is -0.407. The van der Waals surface area contributed by atoms with Crippen LogP contribution in [0.5, 0.6) is 5.75 Å². The summed E-state index contributed by atoms with van der Waals surface area (Å²) in [5.41, 5.74) is 2.73. The molecule has 154 valence electrons. The van der Waals surface area contributed by atoms with Crippen molar-refractivity contribution in [2.75, 3.05) is 23.4 Å². The van der Waals surface area contributed by atoms with Gasteiger partial charge in [0.15, 0.2) is 17.5 Å². The Morgan fingerprint density at radius 1 is 1.27 bits per heavy atom. The number of aryl methyl sites for hydroxylation is 2. The molecule has 0 saturated heterocycles. The summed E-state index contributed by atoms with van der Waals surface area (Å²) in [6, 6.07) is 5.46.